The molecule has 0 aliphatic heterocycles. The van der Waals surface area contributed by atoms with E-state index in [9.17, 15) is 8.42 Å². The molecular formula is C13H11N3O3S. The number of aromatic nitrogens is 1. The summed E-state index contributed by atoms with van der Waals surface area (Å²) in [7, 11) is -3.54. The van der Waals surface area contributed by atoms with Crippen LogP contribution in [-0.4, -0.2) is 13.4 Å². The van der Waals surface area contributed by atoms with Gasteiger partial charge in [-0.15, -0.1) is 0 Å². The van der Waals surface area contributed by atoms with Crippen molar-refractivity contribution in [2.75, 3.05) is 0 Å². The quantitative estimate of drug-likeness (QED) is 0.918. The van der Waals surface area contributed by atoms with Gasteiger partial charge >= 0.3 is 0 Å². The van der Waals surface area contributed by atoms with Gasteiger partial charge in [0.2, 0.25) is 10.0 Å². The van der Waals surface area contributed by atoms with E-state index in [1.54, 1.807) is 30.3 Å². The van der Waals surface area contributed by atoms with Crippen LogP contribution in [0.2, 0.25) is 0 Å². The van der Waals surface area contributed by atoms with E-state index in [-0.39, 0.29) is 11.4 Å². The van der Waals surface area contributed by atoms with Gasteiger partial charge in [-0.3, -0.25) is 0 Å². The van der Waals surface area contributed by atoms with Crippen molar-refractivity contribution in [1.29, 1.82) is 5.26 Å². The molecule has 0 amide bonds. The second-order valence-corrected chi connectivity index (χ2v) is 5.66. The van der Waals surface area contributed by atoms with Crippen molar-refractivity contribution in [3.63, 3.8) is 0 Å². The Bertz CT molecular complexity index is 749. The number of ether oxygens (including phenoxy) is 1. The van der Waals surface area contributed by atoms with Crippen LogP contribution in [0.4, 0.5) is 0 Å². The summed E-state index contributed by atoms with van der Waals surface area (Å²) < 4.78 is 27.4. The topological polar surface area (TPSA) is 106 Å². The first-order valence-corrected chi connectivity index (χ1v) is 7.31. The molecule has 1 aromatic carbocycles. The van der Waals surface area contributed by atoms with E-state index in [0.717, 1.165) is 0 Å². The summed E-state index contributed by atoms with van der Waals surface area (Å²) in [4.78, 5) is 3.83. The zero-order chi connectivity index (χ0) is 14.6. The maximum Gasteiger partial charge on any atom is 0.213 e. The van der Waals surface area contributed by atoms with Crippen LogP contribution in [0.25, 0.3) is 0 Å². The highest BCUT2D eigenvalue weighted by molar-refractivity contribution is 7.88. The van der Waals surface area contributed by atoms with Crippen molar-refractivity contribution in [3.05, 3.63) is 53.9 Å². The molecule has 0 saturated heterocycles. The molecule has 20 heavy (non-hydrogen) atoms. The number of nitrogens with zero attached hydrogens (tertiary/aromatic N) is 2. The van der Waals surface area contributed by atoms with E-state index in [2.05, 4.69) is 4.98 Å². The number of benzene rings is 1. The van der Waals surface area contributed by atoms with Gasteiger partial charge in [-0.25, -0.2) is 18.5 Å². The number of pyridine rings is 1. The number of rotatable bonds is 4. The van der Waals surface area contributed by atoms with Crippen LogP contribution in [0.15, 0.2) is 42.6 Å². The van der Waals surface area contributed by atoms with Gasteiger partial charge in [-0.1, -0.05) is 12.1 Å². The summed E-state index contributed by atoms with van der Waals surface area (Å²) in [6, 6.07) is 11.6. The number of sulfonamides is 1. The molecule has 0 saturated carbocycles. The molecule has 0 bridgehead atoms. The molecule has 7 heteroatoms. The predicted octanol–water partition coefficient (Wildman–Crippen LogP) is 1.53. The summed E-state index contributed by atoms with van der Waals surface area (Å²) in [6.07, 6.45) is 1.48. The number of nitriles is 1. The average Bonchev–Trinajstić information content (AvgIpc) is 2.40. The van der Waals surface area contributed by atoms with Gasteiger partial charge in [-0.2, -0.15) is 5.26 Å². The number of hydrogen-bond donors (Lipinski definition) is 1. The smallest absolute Gasteiger partial charge is 0.213 e. The minimum Gasteiger partial charge on any atom is -0.457 e. The summed E-state index contributed by atoms with van der Waals surface area (Å²) in [5, 5.41) is 13.7. The van der Waals surface area contributed by atoms with E-state index in [4.69, 9.17) is 15.1 Å². The molecular weight excluding hydrogens is 278 g/mol. The Morgan fingerprint density at radius 2 is 1.90 bits per heavy atom. The lowest BCUT2D eigenvalue weighted by molar-refractivity contribution is 0.481. The monoisotopic (exact) mass is 289 g/mol. The maximum atomic E-state index is 11.0. The van der Waals surface area contributed by atoms with Crippen molar-refractivity contribution in [2.24, 2.45) is 5.14 Å². The molecule has 6 nitrogen and oxygen atoms in total. The van der Waals surface area contributed by atoms with Crippen LogP contribution in [0.1, 0.15) is 11.3 Å². The highest BCUT2D eigenvalue weighted by Crippen LogP contribution is 2.22. The predicted molar refractivity (Wildman–Crippen MR) is 72.3 cm³/mol. The number of nitrogens with two attached hydrogens (primary N) is 1. The van der Waals surface area contributed by atoms with Crippen molar-refractivity contribution >= 4 is 10.0 Å². The maximum absolute atomic E-state index is 11.0. The number of primary sulfonamides is 1. The second-order valence-electron chi connectivity index (χ2n) is 4.04. The molecule has 2 aromatic rings. The third-order valence-electron chi connectivity index (χ3n) is 2.37. The minimum absolute atomic E-state index is 0.221. The molecule has 102 valence electrons. The fourth-order valence-electron chi connectivity index (χ4n) is 1.56. The Hall–Kier alpha value is -2.43. The van der Waals surface area contributed by atoms with Crippen LogP contribution in [-0.2, 0) is 15.8 Å². The van der Waals surface area contributed by atoms with Crippen molar-refractivity contribution in [3.8, 4) is 17.6 Å². The molecule has 0 radical (unpaired) electrons. The molecule has 0 unspecified atom stereocenters. The van der Waals surface area contributed by atoms with E-state index in [0.29, 0.717) is 17.1 Å². The zero-order valence-electron chi connectivity index (χ0n) is 10.4. The average molecular weight is 289 g/mol. The molecule has 0 spiro atoms. The van der Waals surface area contributed by atoms with Crippen LogP contribution in [0.5, 0.6) is 11.5 Å². The second kappa shape index (κ2) is 5.69. The fourth-order valence-corrected chi connectivity index (χ4v) is 2.21. The summed E-state index contributed by atoms with van der Waals surface area (Å²) in [5.41, 5.74) is 0.834. The lowest BCUT2D eigenvalue weighted by Crippen LogP contribution is -2.14. The van der Waals surface area contributed by atoms with Crippen molar-refractivity contribution in [2.45, 2.75) is 5.75 Å². The van der Waals surface area contributed by atoms with Gasteiger partial charge in [0.25, 0.3) is 0 Å². The number of hydrogen-bond acceptors (Lipinski definition) is 5. The minimum atomic E-state index is -3.54. The first-order valence-electron chi connectivity index (χ1n) is 5.60. The van der Waals surface area contributed by atoms with Crippen LogP contribution < -0.4 is 9.88 Å². The third kappa shape index (κ3) is 4.05. The van der Waals surface area contributed by atoms with Gasteiger partial charge in [0, 0.05) is 12.3 Å². The van der Waals surface area contributed by atoms with Crippen LogP contribution in [0.3, 0.4) is 0 Å². The van der Waals surface area contributed by atoms with Gasteiger partial charge in [0.05, 0.1) is 5.75 Å². The molecule has 1 aromatic heterocycles. The van der Waals surface area contributed by atoms with Gasteiger partial charge < -0.3 is 4.74 Å². The van der Waals surface area contributed by atoms with E-state index in [1.807, 2.05) is 6.07 Å². The summed E-state index contributed by atoms with van der Waals surface area (Å²) >= 11 is 0. The van der Waals surface area contributed by atoms with Gasteiger partial charge in [-0.05, 0) is 23.8 Å². The molecule has 1 heterocycles. The largest absolute Gasteiger partial charge is 0.457 e. The lowest BCUT2D eigenvalue weighted by Gasteiger charge is -2.06. The van der Waals surface area contributed by atoms with E-state index in [1.165, 1.54) is 12.3 Å². The Morgan fingerprint density at radius 3 is 2.50 bits per heavy atom. The normalized spacial score (nSPS) is 10.8. The Kier molecular flexibility index (Phi) is 3.98. The lowest BCUT2D eigenvalue weighted by atomic mass is 10.2. The first kappa shape index (κ1) is 14.0. The summed E-state index contributed by atoms with van der Waals surface area (Å²) in [5.74, 6) is 0.787. The highest BCUT2D eigenvalue weighted by Gasteiger charge is 2.05. The van der Waals surface area contributed by atoms with E-state index < -0.39 is 10.0 Å². The van der Waals surface area contributed by atoms with Crippen molar-refractivity contribution in [1.82, 2.24) is 4.98 Å². The summed E-state index contributed by atoms with van der Waals surface area (Å²) in [6.45, 7) is 0. The van der Waals surface area contributed by atoms with Crippen molar-refractivity contribution < 1.29 is 13.2 Å². The third-order valence-corrected chi connectivity index (χ3v) is 3.11. The van der Waals surface area contributed by atoms with Crippen LogP contribution >= 0.6 is 0 Å². The van der Waals surface area contributed by atoms with Crippen LogP contribution in [0, 0.1) is 11.3 Å². The standard InChI is InChI=1S/C13H11N3O3S/c14-8-11-7-13(5-6-16-11)19-12-3-1-10(2-4-12)9-20(15,17)18/h1-7H,9H2,(H2,15,17,18). The first-order chi connectivity index (χ1) is 9.46. The molecule has 0 aliphatic carbocycles. The highest BCUT2D eigenvalue weighted by atomic mass is 32.2. The Labute approximate surface area is 116 Å². The Balaban J connectivity index is 2.13. The van der Waals surface area contributed by atoms with E-state index >= 15 is 0 Å². The fraction of sp³-hybridized carbons (Fsp3) is 0.0769. The van der Waals surface area contributed by atoms with Gasteiger partial charge in [0.15, 0.2) is 0 Å². The molecule has 0 atom stereocenters. The molecule has 0 fully saturated rings. The molecule has 2 N–H and O–H groups in total. The SMILES string of the molecule is N#Cc1cc(Oc2ccc(CS(N)(=O)=O)cc2)ccn1. The zero-order valence-corrected chi connectivity index (χ0v) is 11.2. The molecule has 0 aliphatic rings. The molecule has 2 rings (SSSR count). The van der Waals surface area contributed by atoms with Gasteiger partial charge in [0.1, 0.15) is 23.3 Å². The Morgan fingerprint density at radius 1 is 1.20 bits per heavy atom.